The highest BCUT2D eigenvalue weighted by molar-refractivity contribution is 7.99. The molecule has 0 fully saturated rings. The number of unbranched alkanes of at least 4 members (excludes halogenated alkanes) is 1. The Kier molecular flexibility index (Phi) is 12.3. The van der Waals surface area contributed by atoms with Crippen molar-refractivity contribution >= 4 is 54.3 Å². The summed E-state index contributed by atoms with van der Waals surface area (Å²) in [6.45, 7) is 0. The fourth-order valence-corrected chi connectivity index (χ4v) is 5.63. The lowest BCUT2D eigenvalue weighted by Crippen LogP contribution is -2.06. The highest BCUT2D eigenvalue weighted by Gasteiger charge is 2.12. The molecule has 0 aromatic heterocycles. The smallest absolute Gasteiger partial charge is 0.349 e. The normalized spacial score (nSPS) is 11.7. The van der Waals surface area contributed by atoms with Crippen LogP contribution in [-0.4, -0.2) is 39.1 Å². The van der Waals surface area contributed by atoms with Gasteiger partial charge < -0.3 is 14.4 Å². The summed E-state index contributed by atoms with van der Waals surface area (Å²) in [4.78, 5) is 33.2. The number of carbonyl (C=O) groups excluding carboxylic acids is 1. The first kappa shape index (κ1) is 27.1. The Bertz CT molecular complexity index is 899. The van der Waals surface area contributed by atoms with E-state index in [0.29, 0.717) is 17.2 Å². The van der Waals surface area contributed by atoms with Crippen molar-refractivity contribution in [2.75, 3.05) is 5.75 Å². The maximum atomic E-state index is 11.5. The maximum Gasteiger partial charge on any atom is 0.349 e. The van der Waals surface area contributed by atoms with Crippen LogP contribution in [-0.2, 0) is 20.5 Å². The first-order valence-corrected chi connectivity index (χ1v) is 13.1. The van der Waals surface area contributed by atoms with E-state index in [1.165, 1.54) is 0 Å². The number of thioether (sulfide) groups is 2. The molecule has 0 aliphatic rings. The SMILES string of the molecule is O=C(O)CCCCC(CCSCc1ccc(C(=O)O)cc1)SCc1ccc(C(=O)OS)cc1. The molecular weight excluding hydrogens is 480 g/mol. The summed E-state index contributed by atoms with van der Waals surface area (Å²) >= 11 is 7.19. The minimum atomic E-state index is -0.923. The minimum Gasteiger partial charge on any atom is -0.481 e. The second-order valence-corrected chi connectivity index (χ2v) is 10.1. The van der Waals surface area contributed by atoms with E-state index in [9.17, 15) is 14.4 Å². The Morgan fingerprint density at radius 2 is 1.45 bits per heavy atom. The van der Waals surface area contributed by atoms with Gasteiger partial charge >= 0.3 is 17.9 Å². The number of carbonyl (C=O) groups is 3. The van der Waals surface area contributed by atoms with Gasteiger partial charge in [-0.3, -0.25) is 4.79 Å². The number of hydrogen-bond acceptors (Lipinski definition) is 7. The first-order chi connectivity index (χ1) is 15.9. The zero-order chi connectivity index (χ0) is 24.1. The van der Waals surface area contributed by atoms with Crippen LogP contribution in [0.3, 0.4) is 0 Å². The number of benzene rings is 2. The topological polar surface area (TPSA) is 101 Å². The van der Waals surface area contributed by atoms with Crippen molar-refractivity contribution in [2.24, 2.45) is 0 Å². The molecule has 0 aliphatic carbocycles. The third-order valence-electron chi connectivity index (χ3n) is 4.98. The average Bonchev–Trinajstić information content (AvgIpc) is 2.82. The van der Waals surface area contributed by atoms with Gasteiger partial charge in [0.15, 0.2) is 0 Å². The van der Waals surface area contributed by atoms with Gasteiger partial charge in [-0.15, -0.1) is 0 Å². The lowest BCUT2D eigenvalue weighted by atomic mass is 10.1. The molecule has 33 heavy (non-hydrogen) atoms. The molecule has 0 amide bonds. The van der Waals surface area contributed by atoms with Crippen LogP contribution in [0.2, 0.25) is 0 Å². The Labute approximate surface area is 208 Å². The van der Waals surface area contributed by atoms with Crippen molar-refractivity contribution in [3.63, 3.8) is 0 Å². The van der Waals surface area contributed by atoms with Crippen molar-refractivity contribution in [3.05, 3.63) is 70.8 Å². The second kappa shape index (κ2) is 14.9. The average molecular weight is 509 g/mol. The number of thiol groups is 1. The number of carboxylic acids is 2. The Balaban J connectivity index is 1.82. The van der Waals surface area contributed by atoms with Gasteiger partial charge in [0.2, 0.25) is 0 Å². The second-order valence-electron chi connectivity index (χ2n) is 7.49. The summed E-state index contributed by atoms with van der Waals surface area (Å²) in [6.07, 6.45) is 3.70. The molecular formula is C24H28O6S3. The van der Waals surface area contributed by atoms with Gasteiger partial charge in [0.1, 0.15) is 0 Å². The summed E-state index contributed by atoms with van der Waals surface area (Å²) < 4.78 is 4.43. The van der Waals surface area contributed by atoms with Crippen LogP contribution >= 0.6 is 36.4 Å². The predicted octanol–water partition coefficient (Wildman–Crippen LogP) is 5.96. The van der Waals surface area contributed by atoms with E-state index < -0.39 is 17.9 Å². The van der Waals surface area contributed by atoms with E-state index in [1.807, 2.05) is 47.8 Å². The Hall–Kier alpha value is -2.10. The van der Waals surface area contributed by atoms with E-state index in [0.717, 1.165) is 47.6 Å². The predicted molar refractivity (Wildman–Crippen MR) is 136 cm³/mol. The summed E-state index contributed by atoms with van der Waals surface area (Å²) in [6, 6.07) is 14.2. The van der Waals surface area contributed by atoms with Crippen LogP contribution in [0.5, 0.6) is 0 Å². The van der Waals surface area contributed by atoms with Crippen LogP contribution in [0.4, 0.5) is 0 Å². The van der Waals surface area contributed by atoms with Gasteiger partial charge in [0.25, 0.3) is 0 Å². The fourth-order valence-electron chi connectivity index (χ4n) is 3.11. The van der Waals surface area contributed by atoms with Crippen molar-refractivity contribution in [2.45, 2.75) is 48.9 Å². The van der Waals surface area contributed by atoms with E-state index in [4.69, 9.17) is 10.2 Å². The largest absolute Gasteiger partial charge is 0.481 e. The van der Waals surface area contributed by atoms with Crippen LogP contribution in [0, 0.1) is 0 Å². The molecule has 0 saturated heterocycles. The van der Waals surface area contributed by atoms with Crippen LogP contribution in [0.1, 0.15) is 63.9 Å². The summed E-state index contributed by atoms with van der Waals surface area (Å²) in [7, 11) is 0. The molecule has 6 nitrogen and oxygen atoms in total. The molecule has 2 N–H and O–H groups in total. The molecule has 178 valence electrons. The highest BCUT2D eigenvalue weighted by atomic mass is 32.2. The van der Waals surface area contributed by atoms with Crippen molar-refractivity contribution < 1.29 is 28.8 Å². The Morgan fingerprint density at radius 1 is 0.848 bits per heavy atom. The molecule has 0 spiro atoms. The Morgan fingerprint density at radius 3 is 2.03 bits per heavy atom. The zero-order valence-electron chi connectivity index (χ0n) is 18.1. The molecule has 0 heterocycles. The summed E-state index contributed by atoms with van der Waals surface area (Å²) in [5.41, 5.74) is 2.95. The van der Waals surface area contributed by atoms with Crippen molar-refractivity contribution in [3.8, 4) is 0 Å². The zero-order valence-corrected chi connectivity index (χ0v) is 20.7. The summed E-state index contributed by atoms with van der Waals surface area (Å²) in [5, 5.41) is 18.3. The number of carboxylic acid groups (broad SMARTS) is 2. The van der Waals surface area contributed by atoms with E-state index >= 15 is 0 Å². The molecule has 0 bridgehead atoms. The van der Waals surface area contributed by atoms with Crippen LogP contribution in [0.15, 0.2) is 48.5 Å². The van der Waals surface area contributed by atoms with Crippen molar-refractivity contribution in [1.29, 1.82) is 0 Å². The molecule has 2 aromatic carbocycles. The molecule has 0 aliphatic heterocycles. The molecule has 1 unspecified atom stereocenters. The monoisotopic (exact) mass is 508 g/mol. The standard InChI is InChI=1S/C24H28O6S3/c25-22(26)4-2-1-3-21(33-16-18-7-11-20(12-8-18)24(29)30-31)13-14-32-15-17-5-9-19(10-6-17)23(27)28/h5-12,21,31H,1-4,13-16H2,(H,25,26)(H,27,28). The van der Waals surface area contributed by atoms with Crippen LogP contribution in [0.25, 0.3) is 0 Å². The number of aromatic carboxylic acids is 1. The van der Waals surface area contributed by atoms with E-state index in [1.54, 1.807) is 24.3 Å². The van der Waals surface area contributed by atoms with E-state index in [-0.39, 0.29) is 12.0 Å². The minimum absolute atomic E-state index is 0.196. The van der Waals surface area contributed by atoms with Gasteiger partial charge in [0, 0.05) is 36.1 Å². The van der Waals surface area contributed by atoms with Gasteiger partial charge in [-0.25, -0.2) is 9.59 Å². The fraction of sp³-hybridized carbons (Fsp3) is 0.375. The first-order valence-electron chi connectivity index (χ1n) is 10.6. The number of aliphatic carboxylic acids is 1. The van der Waals surface area contributed by atoms with Gasteiger partial charge in [-0.1, -0.05) is 30.7 Å². The number of rotatable bonds is 15. The molecule has 0 radical (unpaired) electrons. The highest BCUT2D eigenvalue weighted by Crippen LogP contribution is 2.27. The lowest BCUT2D eigenvalue weighted by Gasteiger charge is -2.17. The van der Waals surface area contributed by atoms with Crippen molar-refractivity contribution in [1.82, 2.24) is 0 Å². The number of hydrogen-bond donors (Lipinski definition) is 3. The van der Waals surface area contributed by atoms with Gasteiger partial charge in [0.05, 0.1) is 11.1 Å². The van der Waals surface area contributed by atoms with Gasteiger partial charge in [-0.2, -0.15) is 23.5 Å². The molecule has 2 rings (SSSR count). The maximum absolute atomic E-state index is 11.5. The molecule has 2 aromatic rings. The molecule has 1 atom stereocenters. The van der Waals surface area contributed by atoms with Crippen LogP contribution < -0.4 is 0 Å². The molecule has 9 heteroatoms. The third-order valence-corrected chi connectivity index (χ3v) is 7.65. The summed E-state index contributed by atoms with van der Waals surface area (Å²) in [5.74, 6) is 0.421. The van der Waals surface area contributed by atoms with Gasteiger partial charge in [-0.05, 0) is 60.4 Å². The quantitative estimate of drug-likeness (QED) is 0.154. The lowest BCUT2D eigenvalue weighted by molar-refractivity contribution is -0.137. The van der Waals surface area contributed by atoms with E-state index in [2.05, 4.69) is 17.1 Å². The molecule has 0 saturated carbocycles. The third kappa shape index (κ3) is 10.6.